The van der Waals surface area contributed by atoms with Crippen molar-refractivity contribution in [1.29, 1.82) is 0 Å². The summed E-state index contributed by atoms with van der Waals surface area (Å²) < 4.78 is 7.21. The van der Waals surface area contributed by atoms with Crippen molar-refractivity contribution in [3.05, 3.63) is 170 Å². The standard InChI is InChI=1S/C62H72N4O.Pt/c1-36(2)47-20-19-21-48(37(3)4)56(47)66-57(64-61(17)35-43-27-39(6)40(7)28-49(43)62(61,66)18)42-30-45(59(12,13)14)32-46(31-42)67-54-34-53-51(29-41(54)8)60(15,16)50-26-38(5)22-23-52(50)65(53)55-33-44(24-25-63-55)58(9,10)11;/h19-30,32-33,36-37H,35H2,1-18H3;/q-2;+2/t61-,62+;/m1./s1. The Labute approximate surface area is 423 Å². The Morgan fingerprint density at radius 2 is 1.31 bits per heavy atom. The second kappa shape index (κ2) is 16.9. The molecule has 0 N–H and O–H groups in total. The summed E-state index contributed by atoms with van der Waals surface area (Å²) in [7, 11) is 0. The van der Waals surface area contributed by atoms with Crippen LogP contribution in [0.1, 0.15) is 181 Å². The molecule has 3 heterocycles. The summed E-state index contributed by atoms with van der Waals surface area (Å²) in [6, 6.07) is 37.5. The van der Waals surface area contributed by atoms with Crippen molar-refractivity contribution >= 4 is 28.7 Å². The van der Waals surface area contributed by atoms with Gasteiger partial charge in [0.15, 0.2) is 0 Å². The number of para-hydroxylation sites is 1. The van der Waals surface area contributed by atoms with Crippen LogP contribution < -0.4 is 14.5 Å². The molecule has 3 aliphatic rings. The predicted octanol–water partition coefficient (Wildman–Crippen LogP) is 16.2. The van der Waals surface area contributed by atoms with E-state index in [1.54, 1.807) is 0 Å². The SMILES string of the molecule is Cc1ccc2c(c1)C(C)(C)c1cc(C)c(Oc3[c-]c(C4=N[C@]5(C)Cc6cc(C)c(C)cc6[C@]5(C)N4c4c(C(C)C)cccc4C(C)C)cc(C(C)(C)C)c3)[c-]c1N2c1cc(C(C)(C)C)ccn1.[Pt+2]. The number of aromatic nitrogens is 1. The van der Waals surface area contributed by atoms with Gasteiger partial charge in [0.1, 0.15) is 5.82 Å². The Balaban J connectivity index is 0.00000625. The van der Waals surface area contributed by atoms with Crippen molar-refractivity contribution in [3.63, 3.8) is 0 Å². The number of aryl methyl sites for hydroxylation is 4. The van der Waals surface area contributed by atoms with E-state index in [4.69, 9.17) is 14.7 Å². The van der Waals surface area contributed by atoms with Crippen molar-refractivity contribution in [2.75, 3.05) is 9.80 Å². The number of amidine groups is 1. The number of nitrogens with zero attached hydrogens (tertiary/aromatic N) is 4. The second-order valence-corrected chi connectivity index (χ2v) is 23.7. The number of anilines is 4. The first-order valence-corrected chi connectivity index (χ1v) is 24.6. The molecule has 1 aliphatic carbocycles. The molecular weight excluding hydrogens is 1010 g/mol. The molecule has 0 radical (unpaired) electrons. The van der Waals surface area contributed by atoms with E-state index in [0.29, 0.717) is 23.3 Å². The van der Waals surface area contributed by atoms with Gasteiger partial charge in [-0.05, 0) is 132 Å². The van der Waals surface area contributed by atoms with Gasteiger partial charge in [-0.3, -0.25) is 0 Å². The molecule has 6 heteroatoms. The second-order valence-electron chi connectivity index (χ2n) is 23.7. The van der Waals surface area contributed by atoms with Crippen molar-refractivity contribution in [1.82, 2.24) is 4.98 Å². The number of hydrogen-bond donors (Lipinski definition) is 0. The van der Waals surface area contributed by atoms with Crippen LogP contribution in [0.4, 0.5) is 22.9 Å². The molecule has 68 heavy (non-hydrogen) atoms. The van der Waals surface area contributed by atoms with Crippen LogP contribution in [0.25, 0.3) is 0 Å². The van der Waals surface area contributed by atoms with E-state index in [1.807, 2.05) is 6.20 Å². The summed E-state index contributed by atoms with van der Waals surface area (Å²) in [5.41, 5.74) is 17.9. The molecule has 0 bridgehead atoms. The Hall–Kier alpha value is -4.99. The zero-order valence-corrected chi connectivity index (χ0v) is 46.2. The number of hydrogen-bond acceptors (Lipinski definition) is 5. The molecule has 356 valence electrons. The van der Waals surface area contributed by atoms with E-state index in [2.05, 4.69) is 225 Å². The fourth-order valence-corrected chi connectivity index (χ4v) is 11.1. The minimum absolute atomic E-state index is 0. The average Bonchev–Trinajstić information content (AvgIpc) is 3.60. The number of rotatable bonds is 7. The van der Waals surface area contributed by atoms with Crippen molar-refractivity contribution in [2.45, 2.75) is 170 Å². The molecule has 9 rings (SSSR count). The van der Waals surface area contributed by atoms with Gasteiger partial charge in [-0.2, -0.15) is 6.07 Å². The molecule has 0 spiro atoms. The van der Waals surface area contributed by atoms with Gasteiger partial charge in [-0.15, -0.1) is 34.4 Å². The molecule has 5 nitrogen and oxygen atoms in total. The molecule has 5 aromatic carbocycles. The normalized spacial score (nSPS) is 19.4. The number of benzene rings is 5. The van der Waals surface area contributed by atoms with E-state index >= 15 is 0 Å². The van der Waals surface area contributed by atoms with Gasteiger partial charge in [-0.1, -0.05) is 156 Å². The molecule has 0 fully saturated rings. The minimum Gasteiger partial charge on any atom is -0.503 e. The van der Waals surface area contributed by atoms with Crippen molar-refractivity contribution < 1.29 is 25.8 Å². The van der Waals surface area contributed by atoms with Crippen LogP contribution in [0.5, 0.6) is 11.5 Å². The summed E-state index contributed by atoms with van der Waals surface area (Å²) in [6.07, 6.45) is 2.80. The van der Waals surface area contributed by atoms with Gasteiger partial charge in [0.25, 0.3) is 0 Å². The maximum Gasteiger partial charge on any atom is 2.00 e. The largest absolute Gasteiger partial charge is 2.00 e. The number of fused-ring (bicyclic) bond motifs is 5. The van der Waals surface area contributed by atoms with Gasteiger partial charge < -0.3 is 19.5 Å². The first-order valence-electron chi connectivity index (χ1n) is 24.6. The maximum atomic E-state index is 7.21. The van der Waals surface area contributed by atoms with Gasteiger partial charge in [-0.25, -0.2) is 4.98 Å². The van der Waals surface area contributed by atoms with Crippen molar-refractivity contribution in [3.8, 4) is 11.5 Å². The molecule has 2 aliphatic heterocycles. The molecule has 0 saturated carbocycles. The predicted molar refractivity (Wildman–Crippen MR) is 281 cm³/mol. The molecule has 0 amide bonds. The summed E-state index contributed by atoms with van der Waals surface area (Å²) in [6.45, 7) is 41.2. The molecule has 0 unspecified atom stereocenters. The van der Waals surface area contributed by atoms with Crippen LogP contribution in [-0.2, 0) is 49.3 Å². The Bertz CT molecular complexity index is 2990. The van der Waals surface area contributed by atoms with Crippen LogP contribution >= 0.6 is 0 Å². The quantitative estimate of drug-likeness (QED) is 0.149. The Morgan fingerprint density at radius 1 is 0.676 bits per heavy atom. The first-order chi connectivity index (χ1) is 31.2. The van der Waals surface area contributed by atoms with Crippen LogP contribution in [0.3, 0.4) is 0 Å². The molecule has 1 aromatic heterocycles. The van der Waals surface area contributed by atoms with E-state index in [0.717, 1.165) is 46.1 Å². The molecular formula is C62H72N4OPt. The Kier molecular flexibility index (Phi) is 12.3. The van der Waals surface area contributed by atoms with Crippen LogP contribution in [-0.4, -0.2) is 16.4 Å². The summed E-state index contributed by atoms with van der Waals surface area (Å²) in [5.74, 6) is 3.72. The van der Waals surface area contributed by atoms with Crippen molar-refractivity contribution in [2.24, 2.45) is 4.99 Å². The fourth-order valence-electron chi connectivity index (χ4n) is 11.1. The Morgan fingerprint density at radius 3 is 1.94 bits per heavy atom. The number of ether oxygens (including phenoxy) is 1. The zero-order valence-electron chi connectivity index (χ0n) is 44.0. The van der Waals surface area contributed by atoms with Gasteiger partial charge >= 0.3 is 21.1 Å². The third kappa shape index (κ3) is 7.88. The first kappa shape index (κ1) is 49.4. The summed E-state index contributed by atoms with van der Waals surface area (Å²) in [5, 5.41) is 0. The van der Waals surface area contributed by atoms with E-state index in [9.17, 15) is 0 Å². The molecule has 6 aromatic rings. The van der Waals surface area contributed by atoms with Gasteiger partial charge in [0.2, 0.25) is 0 Å². The summed E-state index contributed by atoms with van der Waals surface area (Å²) >= 11 is 0. The molecule has 2 atom stereocenters. The van der Waals surface area contributed by atoms with Crippen LogP contribution in [0.15, 0.2) is 90.1 Å². The van der Waals surface area contributed by atoms with Gasteiger partial charge in [0, 0.05) is 29.1 Å². The topological polar surface area (TPSA) is 41.0 Å². The van der Waals surface area contributed by atoms with Gasteiger partial charge in [0.05, 0.1) is 16.9 Å². The fraction of sp³-hybridized carbons (Fsp3) is 0.419. The summed E-state index contributed by atoms with van der Waals surface area (Å²) in [4.78, 5) is 15.9. The molecule has 0 saturated heterocycles. The number of aliphatic imine (C=N–C) groups is 1. The zero-order chi connectivity index (χ0) is 48.5. The number of pyridine rings is 1. The maximum absolute atomic E-state index is 7.21. The van der Waals surface area contributed by atoms with Crippen LogP contribution in [0, 0.1) is 39.8 Å². The third-order valence-electron chi connectivity index (χ3n) is 15.6. The van der Waals surface area contributed by atoms with E-state index in [-0.39, 0.29) is 37.3 Å². The third-order valence-corrected chi connectivity index (χ3v) is 15.6. The van der Waals surface area contributed by atoms with E-state index < -0.39 is 11.1 Å². The average molecular weight is 1080 g/mol. The smallest absolute Gasteiger partial charge is 0.503 e. The van der Waals surface area contributed by atoms with E-state index in [1.165, 1.54) is 61.3 Å². The van der Waals surface area contributed by atoms with Crippen LogP contribution in [0.2, 0.25) is 0 Å². The minimum atomic E-state index is -0.469. The monoisotopic (exact) mass is 1080 g/mol.